The molecule has 2 aliphatic heterocycles. The number of nitrogens with zero attached hydrogens (tertiary/aromatic N) is 1. The average Bonchev–Trinajstić information content (AvgIpc) is 2.26. The third-order valence-electron chi connectivity index (χ3n) is 3.61. The molecule has 2 heterocycles. The van der Waals surface area contributed by atoms with Crippen LogP contribution in [0.2, 0.25) is 0 Å². The van der Waals surface area contributed by atoms with Crippen LogP contribution < -0.4 is 4.74 Å². The van der Waals surface area contributed by atoms with Crippen molar-refractivity contribution in [2.24, 2.45) is 0 Å². The summed E-state index contributed by atoms with van der Waals surface area (Å²) in [6, 6.07) is 5.63. The highest BCUT2D eigenvalue weighted by Gasteiger charge is 2.29. The minimum absolute atomic E-state index is 0.297. The van der Waals surface area contributed by atoms with Crippen molar-refractivity contribution in [1.82, 2.24) is 4.90 Å². The van der Waals surface area contributed by atoms with E-state index in [1.54, 1.807) is 12.1 Å². The molecule has 1 unspecified atom stereocenters. The van der Waals surface area contributed by atoms with Crippen LogP contribution in [0.5, 0.6) is 5.75 Å². The van der Waals surface area contributed by atoms with Gasteiger partial charge in [-0.25, -0.2) is 4.79 Å². The first-order valence-electron chi connectivity index (χ1n) is 5.97. The van der Waals surface area contributed by atoms with E-state index in [1.807, 2.05) is 6.07 Å². The lowest BCUT2D eigenvalue weighted by atomic mass is 9.98. The van der Waals surface area contributed by atoms with Gasteiger partial charge in [-0.05, 0) is 43.6 Å². The summed E-state index contributed by atoms with van der Waals surface area (Å²) in [6.07, 6.45) is 2.25. The van der Waals surface area contributed by atoms with Crippen LogP contribution in [0.3, 0.4) is 0 Å². The molecule has 1 fully saturated rings. The quantitative estimate of drug-likeness (QED) is 0.838. The number of rotatable bonds is 2. The maximum absolute atomic E-state index is 10.9. The zero-order chi connectivity index (χ0) is 11.8. The number of aromatic carboxylic acids is 1. The van der Waals surface area contributed by atoms with E-state index >= 15 is 0 Å². The number of benzene rings is 1. The molecule has 0 aromatic heterocycles. The number of fused-ring (bicyclic) bond motifs is 1. The second-order valence-electron chi connectivity index (χ2n) is 4.69. The molecule has 90 valence electrons. The third-order valence-corrected chi connectivity index (χ3v) is 3.61. The van der Waals surface area contributed by atoms with Crippen LogP contribution in [0, 0.1) is 0 Å². The number of carboxylic acids is 1. The van der Waals surface area contributed by atoms with Crippen LogP contribution >= 0.6 is 0 Å². The van der Waals surface area contributed by atoms with Gasteiger partial charge in [0.1, 0.15) is 12.4 Å². The fraction of sp³-hybridized carbons (Fsp3) is 0.462. The van der Waals surface area contributed by atoms with Crippen LogP contribution in [-0.4, -0.2) is 41.7 Å². The van der Waals surface area contributed by atoms with Gasteiger partial charge >= 0.3 is 5.97 Å². The Hall–Kier alpha value is -1.55. The molecule has 2 aliphatic rings. The summed E-state index contributed by atoms with van der Waals surface area (Å²) in [5.74, 6) is -0.164. The topological polar surface area (TPSA) is 49.8 Å². The van der Waals surface area contributed by atoms with Gasteiger partial charge in [-0.15, -0.1) is 0 Å². The van der Waals surface area contributed by atoms with Crippen LogP contribution in [-0.2, 0) is 6.42 Å². The van der Waals surface area contributed by atoms with E-state index in [4.69, 9.17) is 9.84 Å². The Kier molecular flexibility index (Phi) is 2.52. The van der Waals surface area contributed by atoms with E-state index in [0.717, 1.165) is 30.8 Å². The molecule has 17 heavy (non-hydrogen) atoms. The molecule has 0 radical (unpaired) electrons. The SMILES string of the molecule is O=C(O)c1ccc2c(c1)OCC(N1CCC1)C2. The highest BCUT2D eigenvalue weighted by atomic mass is 16.5. The van der Waals surface area contributed by atoms with E-state index in [0.29, 0.717) is 18.2 Å². The van der Waals surface area contributed by atoms with Crippen molar-refractivity contribution in [3.8, 4) is 5.75 Å². The zero-order valence-electron chi connectivity index (χ0n) is 9.56. The second kappa shape index (κ2) is 4.04. The molecule has 0 aliphatic carbocycles. The number of likely N-dealkylation sites (tertiary alicyclic amines) is 1. The van der Waals surface area contributed by atoms with Crippen molar-refractivity contribution < 1.29 is 14.6 Å². The van der Waals surface area contributed by atoms with Crippen molar-refractivity contribution >= 4 is 5.97 Å². The summed E-state index contributed by atoms with van der Waals surface area (Å²) >= 11 is 0. The van der Waals surface area contributed by atoms with Crippen molar-refractivity contribution in [2.45, 2.75) is 18.9 Å². The molecule has 4 heteroatoms. The Morgan fingerprint density at radius 2 is 2.24 bits per heavy atom. The molecule has 1 atom stereocenters. The van der Waals surface area contributed by atoms with Gasteiger partial charge in [-0.3, -0.25) is 4.90 Å². The largest absolute Gasteiger partial charge is 0.492 e. The lowest BCUT2D eigenvalue weighted by Crippen LogP contribution is -2.50. The van der Waals surface area contributed by atoms with Crippen molar-refractivity contribution in [2.75, 3.05) is 19.7 Å². The first-order chi connectivity index (χ1) is 8.24. The van der Waals surface area contributed by atoms with Crippen molar-refractivity contribution in [3.63, 3.8) is 0 Å². The molecule has 4 nitrogen and oxygen atoms in total. The number of hydrogen-bond donors (Lipinski definition) is 1. The van der Waals surface area contributed by atoms with Gasteiger partial charge in [0, 0.05) is 6.04 Å². The van der Waals surface area contributed by atoms with E-state index in [1.165, 1.54) is 6.42 Å². The Morgan fingerprint density at radius 1 is 1.41 bits per heavy atom. The number of carboxylic acid groups (broad SMARTS) is 1. The summed E-state index contributed by atoms with van der Waals surface area (Å²) in [7, 11) is 0. The second-order valence-corrected chi connectivity index (χ2v) is 4.69. The van der Waals surface area contributed by atoms with Gasteiger partial charge in [0.05, 0.1) is 5.56 Å². The summed E-state index contributed by atoms with van der Waals surface area (Å²) < 4.78 is 5.68. The molecule has 1 aromatic rings. The summed E-state index contributed by atoms with van der Waals surface area (Å²) in [6.45, 7) is 3.00. The summed E-state index contributed by atoms with van der Waals surface area (Å²) in [5, 5.41) is 8.91. The molecule has 1 N–H and O–H groups in total. The Morgan fingerprint density at radius 3 is 2.88 bits per heavy atom. The smallest absolute Gasteiger partial charge is 0.335 e. The van der Waals surface area contributed by atoms with E-state index < -0.39 is 5.97 Å². The van der Waals surface area contributed by atoms with Gasteiger partial charge in [0.2, 0.25) is 0 Å². The lowest BCUT2D eigenvalue weighted by Gasteiger charge is -2.40. The monoisotopic (exact) mass is 233 g/mol. The third kappa shape index (κ3) is 1.89. The maximum Gasteiger partial charge on any atom is 0.335 e. The minimum Gasteiger partial charge on any atom is -0.492 e. The van der Waals surface area contributed by atoms with Crippen LogP contribution in [0.25, 0.3) is 0 Å². The highest BCUT2D eigenvalue weighted by molar-refractivity contribution is 5.88. The van der Waals surface area contributed by atoms with Gasteiger partial charge in [0.15, 0.2) is 0 Å². The maximum atomic E-state index is 10.9. The Bertz CT molecular complexity index is 454. The highest BCUT2D eigenvalue weighted by Crippen LogP contribution is 2.29. The number of hydrogen-bond acceptors (Lipinski definition) is 3. The van der Waals surface area contributed by atoms with E-state index in [-0.39, 0.29) is 0 Å². The predicted molar refractivity (Wildman–Crippen MR) is 62.6 cm³/mol. The fourth-order valence-electron chi connectivity index (χ4n) is 2.43. The predicted octanol–water partition coefficient (Wildman–Crippen LogP) is 1.39. The first-order valence-corrected chi connectivity index (χ1v) is 5.97. The van der Waals surface area contributed by atoms with Crippen LogP contribution in [0.1, 0.15) is 22.3 Å². The molecule has 3 rings (SSSR count). The number of carbonyl (C=O) groups is 1. The van der Waals surface area contributed by atoms with Crippen LogP contribution in [0.4, 0.5) is 0 Å². The molecular formula is C13H15NO3. The molecule has 1 saturated heterocycles. The molecule has 0 bridgehead atoms. The van der Waals surface area contributed by atoms with E-state index in [2.05, 4.69) is 4.90 Å². The van der Waals surface area contributed by atoms with Crippen molar-refractivity contribution in [3.05, 3.63) is 29.3 Å². The summed E-state index contributed by atoms with van der Waals surface area (Å²) in [5.41, 5.74) is 1.42. The van der Waals surface area contributed by atoms with Gasteiger partial charge in [-0.1, -0.05) is 6.07 Å². The first kappa shape index (κ1) is 10.6. The molecule has 0 spiro atoms. The average molecular weight is 233 g/mol. The molecular weight excluding hydrogens is 218 g/mol. The van der Waals surface area contributed by atoms with Crippen molar-refractivity contribution in [1.29, 1.82) is 0 Å². The zero-order valence-corrected chi connectivity index (χ0v) is 9.56. The number of ether oxygens (including phenoxy) is 1. The molecule has 1 aromatic carbocycles. The minimum atomic E-state index is -0.902. The normalized spacial score (nSPS) is 23.4. The van der Waals surface area contributed by atoms with E-state index in [9.17, 15) is 4.79 Å². The molecule has 0 amide bonds. The lowest BCUT2D eigenvalue weighted by molar-refractivity contribution is 0.0674. The van der Waals surface area contributed by atoms with Gasteiger partial charge in [-0.2, -0.15) is 0 Å². The van der Waals surface area contributed by atoms with Gasteiger partial charge < -0.3 is 9.84 Å². The Labute approximate surface area is 99.8 Å². The fourth-order valence-corrected chi connectivity index (χ4v) is 2.43. The Balaban J connectivity index is 1.81. The standard InChI is InChI=1S/C13H15NO3/c15-13(16)10-3-2-9-6-11(14-4-1-5-14)8-17-12(9)7-10/h2-3,7,11H,1,4-6,8H2,(H,15,16). The van der Waals surface area contributed by atoms with Gasteiger partial charge in [0.25, 0.3) is 0 Å². The summed E-state index contributed by atoms with van der Waals surface area (Å²) in [4.78, 5) is 13.3. The van der Waals surface area contributed by atoms with Crippen LogP contribution in [0.15, 0.2) is 18.2 Å². The molecule has 0 saturated carbocycles.